The number of carbonyl (C=O) groups excluding carboxylic acids is 2. The number of carbonyl (C=O) groups is 2. The molecule has 154 valence electrons. The van der Waals surface area contributed by atoms with Crippen LogP contribution in [0.5, 0.6) is 0 Å². The first-order valence-electron chi connectivity index (χ1n) is 9.60. The van der Waals surface area contributed by atoms with Crippen LogP contribution in [0.4, 0.5) is 4.79 Å². The van der Waals surface area contributed by atoms with Crippen molar-refractivity contribution in [3.63, 3.8) is 0 Å². The Morgan fingerprint density at radius 2 is 1.93 bits per heavy atom. The van der Waals surface area contributed by atoms with E-state index >= 15 is 0 Å². The van der Waals surface area contributed by atoms with Crippen molar-refractivity contribution in [2.45, 2.75) is 88.5 Å². The lowest BCUT2D eigenvalue weighted by molar-refractivity contribution is -0.122. The van der Waals surface area contributed by atoms with Crippen molar-refractivity contribution in [1.29, 1.82) is 0 Å². The van der Waals surface area contributed by atoms with Crippen molar-refractivity contribution in [3.8, 4) is 0 Å². The van der Waals surface area contributed by atoms with Crippen molar-refractivity contribution in [3.05, 3.63) is 12.7 Å². The lowest BCUT2D eigenvalue weighted by Gasteiger charge is -2.25. The number of rotatable bonds is 9. The van der Waals surface area contributed by atoms with E-state index in [4.69, 9.17) is 4.74 Å². The molecule has 2 N–H and O–H groups in total. The largest absolute Gasteiger partial charge is 0.444 e. The molecule has 0 bridgehead atoms. The van der Waals surface area contributed by atoms with Gasteiger partial charge >= 0.3 is 6.09 Å². The molecule has 0 heterocycles. The van der Waals surface area contributed by atoms with Gasteiger partial charge in [-0.05, 0) is 65.2 Å². The van der Waals surface area contributed by atoms with E-state index in [2.05, 4.69) is 16.6 Å². The summed E-state index contributed by atoms with van der Waals surface area (Å²) in [4.78, 5) is 25.0. The highest BCUT2D eigenvalue weighted by atomic mass is 32.2. The summed E-state index contributed by atoms with van der Waals surface area (Å²) in [5.41, 5.74) is -1.91. The molecule has 0 radical (unpaired) electrons. The second-order valence-electron chi connectivity index (χ2n) is 8.71. The Morgan fingerprint density at radius 1 is 1.30 bits per heavy atom. The van der Waals surface area contributed by atoms with Crippen LogP contribution >= 0.6 is 0 Å². The maximum Gasteiger partial charge on any atom is 0.408 e. The van der Waals surface area contributed by atoms with Crippen LogP contribution in [0.2, 0.25) is 0 Å². The maximum atomic E-state index is 12.8. The normalized spacial score (nSPS) is 26.0. The number of hydrogen-bond donors (Lipinski definition) is 2. The third-order valence-corrected chi connectivity index (χ3v) is 7.58. The summed E-state index contributed by atoms with van der Waals surface area (Å²) < 4.78 is 32.2. The van der Waals surface area contributed by atoms with E-state index in [1.165, 1.54) is 0 Å². The third kappa shape index (κ3) is 4.83. The maximum absolute atomic E-state index is 12.8. The van der Waals surface area contributed by atoms with Crippen molar-refractivity contribution in [2.24, 2.45) is 5.92 Å². The predicted octanol–water partition coefficient (Wildman–Crippen LogP) is 3.01. The molecule has 0 aromatic carbocycles. The fourth-order valence-corrected chi connectivity index (χ4v) is 5.17. The fourth-order valence-electron chi connectivity index (χ4n) is 3.48. The van der Waals surface area contributed by atoms with E-state index in [9.17, 15) is 18.0 Å². The Hall–Kier alpha value is -1.57. The molecule has 2 saturated carbocycles. The number of allylic oxidation sites excluding steroid dienone is 1. The summed E-state index contributed by atoms with van der Waals surface area (Å²) in [5.74, 6) is -0.758. The number of sulfonamides is 1. The zero-order valence-electron chi connectivity index (χ0n) is 16.8. The molecular weight excluding hydrogens is 368 g/mol. The third-order valence-electron chi connectivity index (χ3n) is 5.37. The Balaban J connectivity index is 2.07. The van der Waals surface area contributed by atoms with Crippen LogP contribution in [-0.4, -0.2) is 36.3 Å². The zero-order chi connectivity index (χ0) is 20.5. The zero-order valence-corrected chi connectivity index (χ0v) is 17.6. The fraction of sp³-hybridized carbons (Fsp3) is 0.789. The molecule has 0 saturated heterocycles. The summed E-state index contributed by atoms with van der Waals surface area (Å²) in [5, 5.41) is 2.62. The highest BCUT2D eigenvalue weighted by Crippen LogP contribution is 2.49. The van der Waals surface area contributed by atoms with Gasteiger partial charge in [-0.3, -0.25) is 9.52 Å². The Bertz CT molecular complexity index is 706. The van der Waals surface area contributed by atoms with E-state index in [0.29, 0.717) is 32.1 Å². The molecular formula is C19H32N2O5S. The average molecular weight is 401 g/mol. The summed E-state index contributed by atoms with van der Waals surface area (Å²) in [6.45, 7) is 10.7. The van der Waals surface area contributed by atoms with E-state index in [1.807, 2.05) is 6.92 Å². The van der Waals surface area contributed by atoms with E-state index < -0.39 is 37.9 Å². The lowest BCUT2D eigenvalue weighted by Crippen LogP contribution is -2.54. The SMILES string of the molecule is C=CCCCC1(S(=O)(=O)NC(=O)[C@@]2(NC(=O)OC(C)(C)C)C[C@H]2CC)CC1. The average Bonchev–Trinajstić information content (AvgIpc) is 3.40. The second-order valence-corrected chi connectivity index (χ2v) is 10.8. The van der Waals surface area contributed by atoms with Gasteiger partial charge in [0.25, 0.3) is 5.91 Å². The molecule has 2 amide bonds. The minimum absolute atomic E-state index is 0.101. The molecule has 8 heteroatoms. The number of unbranched alkanes of at least 4 members (excludes halogenated alkanes) is 1. The smallest absolute Gasteiger partial charge is 0.408 e. The van der Waals surface area contributed by atoms with Gasteiger partial charge in [-0.2, -0.15) is 0 Å². The number of ether oxygens (including phenoxy) is 1. The van der Waals surface area contributed by atoms with Crippen molar-refractivity contribution >= 4 is 22.0 Å². The molecule has 0 aromatic rings. The summed E-state index contributed by atoms with van der Waals surface area (Å²) in [6, 6.07) is 0. The first kappa shape index (κ1) is 21.7. The van der Waals surface area contributed by atoms with Gasteiger partial charge < -0.3 is 10.1 Å². The van der Waals surface area contributed by atoms with Gasteiger partial charge in [0.05, 0.1) is 4.75 Å². The number of hydrogen-bond acceptors (Lipinski definition) is 5. The molecule has 2 fully saturated rings. The monoisotopic (exact) mass is 400 g/mol. The molecule has 2 atom stereocenters. The van der Waals surface area contributed by atoms with Crippen LogP contribution in [0.3, 0.4) is 0 Å². The number of alkyl carbamates (subject to hydrolysis) is 1. The van der Waals surface area contributed by atoms with Gasteiger partial charge in [-0.15, -0.1) is 6.58 Å². The molecule has 0 spiro atoms. The van der Waals surface area contributed by atoms with Crippen LogP contribution in [0.1, 0.15) is 72.6 Å². The topological polar surface area (TPSA) is 102 Å². The van der Waals surface area contributed by atoms with Gasteiger partial charge in [0.15, 0.2) is 0 Å². The Kier molecular flexibility index (Phi) is 5.99. The standard InChI is InChI=1S/C19H32N2O5S/c1-6-8-9-10-18(11-12-18)27(24,25)21-15(22)19(13-14(19)7-2)20-16(23)26-17(3,4)5/h6,14H,1,7-13H2,2-5H3,(H,20,23)(H,21,22)/t14-,19-/m1/s1. The van der Waals surface area contributed by atoms with E-state index in [0.717, 1.165) is 12.8 Å². The highest BCUT2D eigenvalue weighted by molar-refractivity contribution is 7.91. The van der Waals surface area contributed by atoms with E-state index in [1.54, 1.807) is 26.8 Å². The predicted molar refractivity (Wildman–Crippen MR) is 104 cm³/mol. The molecule has 0 aliphatic heterocycles. The molecule has 7 nitrogen and oxygen atoms in total. The van der Waals surface area contributed by atoms with Crippen LogP contribution < -0.4 is 10.0 Å². The molecule has 0 unspecified atom stereocenters. The molecule has 27 heavy (non-hydrogen) atoms. The minimum Gasteiger partial charge on any atom is -0.444 e. The van der Waals surface area contributed by atoms with Gasteiger partial charge in [-0.25, -0.2) is 13.2 Å². The van der Waals surface area contributed by atoms with Gasteiger partial charge in [0.1, 0.15) is 11.1 Å². The van der Waals surface area contributed by atoms with Crippen molar-refractivity contribution < 1.29 is 22.7 Å². The number of amides is 2. The second kappa shape index (κ2) is 7.45. The molecule has 0 aromatic heterocycles. The summed E-state index contributed by atoms with van der Waals surface area (Å²) >= 11 is 0. The van der Waals surface area contributed by atoms with Crippen molar-refractivity contribution in [2.75, 3.05) is 0 Å². The van der Waals surface area contributed by atoms with Crippen LogP contribution in [-0.2, 0) is 19.6 Å². The quantitative estimate of drug-likeness (QED) is 0.458. The van der Waals surface area contributed by atoms with Crippen LogP contribution in [0.15, 0.2) is 12.7 Å². The summed E-state index contributed by atoms with van der Waals surface area (Å²) in [6.07, 6.45) is 5.19. The molecule has 2 aliphatic carbocycles. The first-order valence-corrected chi connectivity index (χ1v) is 11.1. The minimum atomic E-state index is -3.80. The Labute approximate surface area is 162 Å². The van der Waals surface area contributed by atoms with Gasteiger partial charge in [-0.1, -0.05) is 19.4 Å². The lowest BCUT2D eigenvalue weighted by atomic mass is 10.1. The van der Waals surface area contributed by atoms with E-state index in [-0.39, 0.29) is 5.92 Å². The first-order chi connectivity index (χ1) is 12.4. The van der Waals surface area contributed by atoms with Crippen molar-refractivity contribution in [1.82, 2.24) is 10.0 Å². The van der Waals surface area contributed by atoms with Gasteiger partial charge in [0.2, 0.25) is 10.0 Å². The molecule has 2 aliphatic rings. The number of nitrogens with one attached hydrogen (secondary N) is 2. The highest BCUT2D eigenvalue weighted by Gasteiger charge is 2.63. The van der Waals surface area contributed by atoms with Crippen LogP contribution in [0, 0.1) is 5.92 Å². The molecule has 2 rings (SSSR count). The van der Waals surface area contributed by atoms with Gasteiger partial charge in [0, 0.05) is 0 Å². The summed E-state index contributed by atoms with van der Waals surface area (Å²) in [7, 11) is -3.80. The van der Waals surface area contributed by atoms with Crippen LogP contribution in [0.25, 0.3) is 0 Å². The Morgan fingerprint density at radius 3 is 2.37 bits per heavy atom.